The molecule has 4 heteroatoms. The molecule has 112 valence electrons. The number of fused-ring (bicyclic) bond motifs is 1. The lowest BCUT2D eigenvalue weighted by molar-refractivity contribution is 0.0872. The van der Waals surface area contributed by atoms with Crippen LogP contribution in [-0.4, -0.2) is 24.2 Å². The van der Waals surface area contributed by atoms with E-state index in [2.05, 4.69) is 17.2 Å². The van der Waals surface area contributed by atoms with Gasteiger partial charge in [-0.3, -0.25) is 4.79 Å². The highest BCUT2D eigenvalue weighted by atomic mass is 16.5. The van der Waals surface area contributed by atoms with Gasteiger partial charge in [0.1, 0.15) is 0 Å². The Bertz CT molecular complexity index is 665. The number of aromatic amines is 1. The first kappa shape index (κ1) is 14.3. The molecule has 0 aliphatic carbocycles. The van der Waals surface area contributed by atoms with Crippen LogP contribution in [0.25, 0.3) is 10.9 Å². The van der Waals surface area contributed by atoms with E-state index in [1.165, 1.54) is 0 Å². The fourth-order valence-electron chi connectivity index (χ4n) is 3.09. The summed E-state index contributed by atoms with van der Waals surface area (Å²) in [5.41, 5.74) is 1.68. The number of H-pyrrole nitrogens is 1. The Kier molecular flexibility index (Phi) is 4.36. The molecule has 4 nitrogen and oxygen atoms in total. The standard InChI is InChI=1S/C17H22N2O2/c1-2-16-13(7-8-21-16)10-18-11-14-9-12-5-3-4-6-15(12)19-17(14)20/h3-6,9,13,16,18H,2,7-8,10-11H2,1H3,(H,19,20). The van der Waals surface area contributed by atoms with Crippen LogP contribution in [0.3, 0.4) is 0 Å². The highest BCUT2D eigenvalue weighted by Crippen LogP contribution is 2.22. The van der Waals surface area contributed by atoms with Crippen LogP contribution in [0.2, 0.25) is 0 Å². The first-order valence-electron chi connectivity index (χ1n) is 7.71. The fourth-order valence-corrected chi connectivity index (χ4v) is 3.09. The molecular formula is C17H22N2O2. The normalized spacial score (nSPS) is 22.0. The van der Waals surface area contributed by atoms with Gasteiger partial charge in [0.2, 0.25) is 0 Å². The van der Waals surface area contributed by atoms with E-state index in [1.54, 1.807) is 0 Å². The molecule has 1 aromatic carbocycles. The van der Waals surface area contributed by atoms with Gasteiger partial charge in [0.05, 0.1) is 6.10 Å². The maximum atomic E-state index is 12.1. The van der Waals surface area contributed by atoms with Crippen LogP contribution in [0.5, 0.6) is 0 Å². The van der Waals surface area contributed by atoms with Crippen molar-refractivity contribution >= 4 is 10.9 Å². The molecular weight excluding hydrogens is 264 g/mol. The van der Waals surface area contributed by atoms with Crippen LogP contribution in [0.15, 0.2) is 35.1 Å². The number of hydrogen-bond donors (Lipinski definition) is 2. The largest absolute Gasteiger partial charge is 0.378 e. The minimum atomic E-state index is -0.00378. The van der Waals surface area contributed by atoms with Gasteiger partial charge >= 0.3 is 0 Å². The summed E-state index contributed by atoms with van der Waals surface area (Å²) in [5, 5.41) is 4.49. The number of rotatable bonds is 5. The Morgan fingerprint density at radius 1 is 1.38 bits per heavy atom. The van der Waals surface area contributed by atoms with Crippen LogP contribution in [-0.2, 0) is 11.3 Å². The zero-order valence-electron chi connectivity index (χ0n) is 12.4. The predicted molar refractivity (Wildman–Crippen MR) is 84.4 cm³/mol. The van der Waals surface area contributed by atoms with Gasteiger partial charge in [-0.2, -0.15) is 0 Å². The van der Waals surface area contributed by atoms with E-state index in [1.807, 2.05) is 30.3 Å². The van der Waals surface area contributed by atoms with Gasteiger partial charge in [0, 0.05) is 30.8 Å². The molecule has 0 bridgehead atoms. The Hall–Kier alpha value is -1.65. The molecule has 1 saturated heterocycles. The van der Waals surface area contributed by atoms with Crippen LogP contribution >= 0.6 is 0 Å². The van der Waals surface area contributed by atoms with E-state index in [-0.39, 0.29) is 5.56 Å². The molecule has 1 aromatic heterocycles. The quantitative estimate of drug-likeness (QED) is 0.887. The van der Waals surface area contributed by atoms with Crippen LogP contribution in [0.4, 0.5) is 0 Å². The van der Waals surface area contributed by atoms with Crippen molar-refractivity contribution in [3.63, 3.8) is 0 Å². The monoisotopic (exact) mass is 286 g/mol. The third kappa shape index (κ3) is 3.17. The maximum Gasteiger partial charge on any atom is 0.252 e. The Morgan fingerprint density at radius 2 is 2.24 bits per heavy atom. The Morgan fingerprint density at radius 3 is 3.10 bits per heavy atom. The SMILES string of the molecule is CCC1OCCC1CNCc1cc2ccccc2[nH]c1=O. The van der Waals surface area contributed by atoms with Crippen molar-refractivity contribution in [2.24, 2.45) is 5.92 Å². The van der Waals surface area contributed by atoms with Gasteiger partial charge < -0.3 is 15.0 Å². The lowest BCUT2D eigenvalue weighted by Gasteiger charge is -2.17. The number of nitrogens with one attached hydrogen (secondary N) is 2. The second-order valence-corrected chi connectivity index (χ2v) is 5.71. The summed E-state index contributed by atoms with van der Waals surface area (Å²) < 4.78 is 5.69. The van der Waals surface area contributed by atoms with Crippen molar-refractivity contribution in [2.75, 3.05) is 13.2 Å². The summed E-state index contributed by atoms with van der Waals surface area (Å²) in [6, 6.07) is 9.84. The summed E-state index contributed by atoms with van der Waals surface area (Å²) in [4.78, 5) is 15.0. The van der Waals surface area contributed by atoms with Crippen LogP contribution in [0.1, 0.15) is 25.3 Å². The summed E-state index contributed by atoms with van der Waals surface area (Å²) in [6.07, 6.45) is 2.54. The molecule has 0 saturated carbocycles. The van der Waals surface area contributed by atoms with E-state index < -0.39 is 0 Å². The highest BCUT2D eigenvalue weighted by Gasteiger charge is 2.25. The van der Waals surface area contributed by atoms with Crippen molar-refractivity contribution in [1.82, 2.24) is 10.3 Å². The lowest BCUT2D eigenvalue weighted by Crippen LogP contribution is -2.29. The van der Waals surface area contributed by atoms with Gasteiger partial charge in [0.25, 0.3) is 5.56 Å². The molecule has 3 rings (SSSR count). The van der Waals surface area contributed by atoms with E-state index in [0.29, 0.717) is 18.6 Å². The molecule has 1 aliphatic heterocycles. The molecule has 1 fully saturated rings. The average molecular weight is 286 g/mol. The molecule has 1 aliphatic rings. The first-order chi connectivity index (χ1) is 10.3. The molecule has 2 heterocycles. The molecule has 2 unspecified atom stereocenters. The van der Waals surface area contributed by atoms with Crippen molar-refractivity contribution in [3.05, 3.63) is 46.2 Å². The summed E-state index contributed by atoms with van der Waals surface area (Å²) in [7, 11) is 0. The maximum absolute atomic E-state index is 12.1. The van der Waals surface area contributed by atoms with Crippen molar-refractivity contribution in [1.29, 1.82) is 0 Å². The van der Waals surface area contributed by atoms with E-state index >= 15 is 0 Å². The average Bonchev–Trinajstić information content (AvgIpc) is 2.95. The summed E-state index contributed by atoms with van der Waals surface area (Å²) >= 11 is 0. The smallest absolute Gasteiger partial charge is 0.252 e. The van der Waals surface area contributed by atoms with Gasteiger partial charge in [-0.05, 0) is 36.3 Å². The van der Waals surface area contributed by atoms with Crippen molar-refractivity contribution in [2.45, 2.75) is 32.4 Å². The molecule has 0 radical (unpaired) electrons. The first-order valence-corrected chi connectivity index (χ1v) is 7.71. The Balaban J connectivity index is 1.65. The molecule has 2 N–H and O–H groups in total. The third-order valence-corrected chi connectivity index (χ3v) is 4.30. The second-order valence-electron chi connectivity index (χ2n) is 5.71. The lowest BCUT2D eigenvalue weighted by atomic mass is 9.99. The van der Waals surface area contributed by atoms with Gasteiger partial charge in [-0.15, -0.1) is 0 Å². The number of ether oxygens (including phenoxy) is 1. The number of hydrogen-bond acceptors (Lipinski definition) is 3. The van der Waals surface area contributed by atoms with Gasteiger partial charge in [-0.1, -0.05) is 25.1 Å². The van der Waals surface area contributed by atoms with Gasteiger partial charge in [0.15, 0.2) is 0 Å². The molecule has 0 amide bonds. The minimum Gasteiger partial charge on any atom is -0.378 e. The zero-order chi connectivity index (χ0) is 14.7. The van der Waals surface area contributed by atoms with E-state index in [4.69, 9.17) is 4.74 Å². The fraction of sp³-hybridized carbons (Fsp3) is 0.471. The number of pyridine rings is 1. The van der Waals surface area contributed by atoms with Crippen LogP contribution in [0, 0.1) is 5.92 Å². The molecule has 21 heavy (non-hydrogen) atoms. The summed E-state index contributed by atoms with van der Waals surface area (Å²) in [5.74, 6) is 0.564. The Labute approximate surface area is 124 Å². The third-order valence-electron chi connectivity index (χ3n) is 4.30. The van der Waals surface area contributed by atoms with Gasteiger partial charge in [-0.25, -0.2) is 0 Å². The van der Waals surface area contributed by atoms with Crippen LogP contribution < -0.4 is 10.9 Å². The topological polar surface area (TPSA) is 54.1 Å². The minimum absolute atomic E-state index is 0.00378. The van der Waals surface area contributed by atoms with E-state index in [0.717, 1.165) is 42.5 Å². The molecule has 2 atom stereocenters. The number of aromatic nitrogens is 1. The predicted octanol–water partition coefficient (Wildman–Crippen LogP) is 2.43. The molecule has 0 spiro atoms. The van der Waals surface area contributed by atoms with Crippen molar-refractivity contribution < 1.29 is 4.74 Å². The molecule has 2 aromatic rings. The number of benzene rings is 1. The number of para-hydroxylation sites is 1. The van der Waals surface area contributed by atoms with E-state index in [9.17, 15) is 4.79 Å². The zero-order valence-corrected chi connectivity index (χ0v) is 12.4. The summed E-state index contributed by atoms with van der Waals surface area (Å²) in [6.45, 7) is 4.54. The van der Waals surface area contributed by atoms with Crippen molar-refractivity contribution in [3.8, 4) is 0 Å². The second kappa shape index (κ2) is 6.41. The highest BCUT2D eigenvalue weighted by molar-refractivity contribution is 5.78.